The summed E-state index contributed by atoms with van der Waals surface area (Å²) < 4.78 is 13.1. The maximum absolute atomic E-state index is 13.1. The highest BCUT2D eigenvalue weighted by Gasteiger charge is 2.12. The fourth-order valence-electron chi connectivity index (χ4n) is 1.81. The number of halogens is 2. The van der Waals surface area contributed by atoms with Gasteiger partial charge < -0.3 is 11.1 Å². The van der Waals surface area contributed by atoms with Gasteiger partial charge >= 0.3 is 0 Å². The van der Waals surface area contributed by atoms with Gasteiger partial charge in [-0.1, -0.05) is 23.7 Å². The lowest BCUT2D eigenvalue weighted by molar-refractivity contribution is 0.0940. The highest BCUT2D eigenvalue weighted by atomic mass is 35.5. The molecule has 1 atom stereocenters. The van der Waals surface area contributed by atoms with Crippen LogP contribution >= 0.6 is 11.6 Å². The van der Waals surface area contributed by atoms with Crippen molar-refractivity contribution in [3.63, 3.8) is 0 Å². The second-order valence-corrected chi connectivity index (χ2v) is 4.89. The maximum atomic E-state index is 13.1. The molecule has 104 valence electrons. The molecule has 5 heteroatoms. The Hall–Kier alpha value is -2.07. The third-order valence-corrected chi connectivity index (χ3v) is 3.29. The van der Waals surface area contributed by atoms with Crippen molar-refractivity contribution in [2.45, 2.75) is 13.0 Å². The van der Waals surface area contributed by atoms with Gasteiger partial charge in [-0.05, 0) is 42.8 Å². The quantitative estimate of drug-likeness (QED) is 0.850. The summed E-state index contributed by atoms with van der Waals surface area (Å²) in [5.41, 5.74) is 7.11. The molecule has 0 aliphatic rings. The third-order valence-electron chi connectivity index (χ3n) is 2.96. The van der Waals surface area contributed by atoms with E-state index in [2.05, 4.69) is 5.32 Å². The topological polar surface area (TPSA) is 55.1 Å². The Bertz CT molecular complexity index is 646. The summed E-state index contributed by atoms with van der Waals surface area (Å²) in [5.74, 6) is -0.622. The zero-order valence-electron chi connectivity index (χ0n) is 10.9. The van der Waals surface area contributed by atoms with Crippen LogP contribution in [-0.2, 0) is 0 Å². The summed E-state index contributed by atoms with van der Waals surface area (Å²) >= 11 is 5.88. The van der Waals surface area contributed by atoms with E-state index >= 15 is 0 Å². The van der Waals surface area contributed by atoms with Gasteiger partial charge in [0.15, 0.2) is 0 Å². The third kappa shape index (κ3) is 3.27. The molecule has 0 unspecified atom stereocenters. The van der Waals surface area contributed by atoms with Crippen molar-refractivity contribution < 1.29 is 9.18 Å². The lowest BCUT2D eigenvalue weighted by Crippen LogP contribution is -2.26. The molecular weight excluding hydrogens is 279 g/mol. The Kier molecular flexibility index (Phi) is 4.25. The van der Waals surface area contributed by atoms with Gasteiger partial charge in [0.25, 0.3) is 5.91 Å². The number of amides is 1. The van der Waals surface area contributed by atoms with Gasteiger partial charge in [-0.25, -0.2) is 4.39 Å². The molecule has 0 fully saturated rings. The minimum atomic E-state index is -0.334. The van der Waals surface area contributed by atoms with E-state index in [9.17, 15) is 9.18 Å². The first kappa shape index (κ1) is 14.3. The molecule has 0 saturated heterocycles. The van der Waals surface area contributed by atoms with E-state index in [0.29, 0.717) is 21.8 Å². The van der Waals surface area contributed by atoms with Crippen LogP contribution in [0.1, 0.15) is 28.9 Å². The second kappa shape index (κ2) is 5.92. The molecule has 20 heavy (non-hydrogen) atoms. The number of anilines is 1. The largest absolute Gasteiger partial charge is 0.398 e. The molecule has 3 N–H and O–H groups in total. The summed E-state index contributed by atoms with van der Waals surface area (Å²) in [7, 11) is 0. The summed E-state index contributed by atoms with van der Waals surface area (Å²) in [4.78, 5) is 12.1. The van der Waals surface area contributed by atoms with Crippen molar-refractivity contribution in [2.24, 2.45) is 0 Å². The summed E-state index contributed by atoms with van der Waals surface area (Å²) in [6.45, 7) is 1.78. The van der Waals surface area contributed by atoms with Gasteiger partial charge in [-0.15, -0.1) is 0 Å². The summed E-state index contributed by atoms with van der Waals surface area (Å²) in [5, 5.41) is 3.11. The molecule has 0 bridgehead atoms. The van der Waals surface area contributed by atoms with Crippen LogP contribution < -0.4 is 11.1 Å². The fourth-order valence-corrected chi connectivity index (χ4v) is 1.99. The Morgan fingerprint density at radius 2 is 2.05 bits per heavy atom. The SMILES string of the molecule is C[C@H](NC(=O)c1ccc(N)c(Cl)c1)c1cccc(F)c1. The van der Waals surface area contributed by atoms with E-state index in [0.717, 1.165) is 0 Å². The number of nitrogens with two attached hydrogens (primary N) is 1. The Balaban J connectivity index is 2.13. The first-order valence-corrected chi connectivity index (χ1v) is 6.46. The van der Waals surface area contributed by atoms with Gasteiger partial charge in [-0.3, -0.25) is 4.79 Å². The number of benzene rings is 2. The van der Waals surface area contributed by atoms with Crippen molar-refractivity contribution in [1.29, 1.82) is 0 Å². The molecule has 2 aromatic rings. The molecule has 0 aromatic heterocycles. The average molecular weight is 293 g/mol. The van der Waals surface area contributed by atoms with Crippen LogP contribution in [0.4, 0.5) is 10.1 Å². The van der Waals surface area contributed by atoms with Crippen LogP contribution in [0.3, 0.4) is 0 Å². The van der Waals surface area contributed by atoms with Crippen molar-refractivity contribution in [3.8, 4) is 0 Å². The minimum absolute atomic E-state index is 0.288. The molecule has 3 nitrogen and oxygen atoms in total. The standard InChI is InChI=1S/C15H14ClFN2O/c1-9(10-3-2-4-12(17)7-10)19-15(20)11-5-6-14(18)13(16)8-11/h2-9H,18H2,1H3,(H,19,20)/t9-/m0/s1. The molecule has 2 aromatic carbocycles. The van der Waals surface area contributed by atoms with Crippen molar-refractivity contribution in [2.75, 3.05) is 5.73 Å². The van der Waals surface area contributed by atoms with Crippen LogP contribution in [0, 0.1) is 5.82 Å². The number of rotatable bonds is 3. The van der Waals surface area contributed by atoms with Crippen LogP contribution in [0.15, 0.2) is 42.5 Å². The Morgan fingerprint density at radius 3 is 2.70 bits per heavy atom. The van der Waals surface area contributed by atoms with Gasteiger partial charge in [0, 0.05) is 5.56 Å². The molecular formula is C15H14ClFN2O. The summed E-state index contributed by atoms with van der Waals surface area (Å²) in [6, 6.07) is 10.5. The first-order valence-electron chi connectivity index (χ1n) is 6.08. The molecule has 0 aliphatic heterocycles. The first-order chi connectivity index (χ1) is 9.47. The number of carbonyl (C=O) groups excluding carboxylic acids is 1. The van der Waals surface area contributed by atoms with Gasteiger partial charge in [0.05, 0.1) is 16.8 Å². The minimum Gasteiger partial charge on any atom is -0.398 e. The van der Waals surface area contributed by atoms with Gasteiger partial charge in [-0.2, -0.15) is 0 Å². The van der Waals surface area contributed by atoms with E-state index < -0.39 is 0 Å². The lowest BCUT2D eigenvalue weighted by atomic mass is 10.1. The van der Waals surface area contributed by atoms with E-state index in [1.807, 2.05) is 0 Å². The van der Waals surface area contributed by atoms with Gasteiger partial charge in [0.2, 0.25) is 0 Å². The Morgan fingerprint density at radius 1 is 1.30 bits per heavy atom. The molecule has 1 amide bonds. The fraction of sp³-hybridized carbons (Fsp3) is 0.133. The van der Waals surface area contributed by atoms with Crippen LogP contribution in [-0.4, -0.2) is 5.91 Å². The summed E-state index contributed by atoms with van der Waals surface area (Å²) in [6.07, 6.45) is 0. The smallest absolute Gasteiger partial charge is 0.251 e. The Labute approximate surface area is 121 Å². The highest BCUT2D eigenvalue weighted by Crippen LogP contribution is 2.20. The van der Waals surface area contributed by atoms with Crippen LogP contribution in [0.5, 0.6) is 0 Å². The monoisotopic (exact) mass is 292 g/mol. The molecule has 0 radical (unpaired) electrons. The number of hydrogen-bond acceptors (Lipinski definition) is 2. The zero-order chi connectivity index (χ0) is 14.7. The molecule has 0 heterocycles. The maximum Gasteiger partial charge on any atom is 0.251 e. The number of nitrogens with one attached hydrogen (secondary N) is 1. The van der Waals surface area contributed by atoms with Crippen molar-refractivity contribution >= 4 is 23.2 Å². The number of nitrogen functional groups attached to an aromatic ring is 1. The number of carbonyl (C=O) groups is 1. The lowest BCUT2D eigenvalue weighted by Gasteiger charge is -2.14. The van der Waals surface area contributed by atoms with E-state index in [-0.39, 0.29) is 17.8 Å². The molecule has 0 spiro atoms. The van der Waals surface area contributed by atoms with Crippen LogP contribution in [0.25, 0.3) is 0 Å². The van der Waals surface area contributed by atoms with Gasteiger partial charge in [0.1, 0.15) is 5.82 Å². The molecule has 0 saturated carbocycles. The van der Waals surface area contributed by atoms with E-state index in [4.69, 9.17) is 17.3 Å². The number of hydrogen-bond donors (Lipinski definition) is 2. The van der Waals surface area contributed by atoms with Crippen LogP contribution in [0.2, 0.25) is 5.02 Å². The van der Waals surface area contributed by atoms with E-state index in [1.54, 1.807) is 31.2 Å². The molecule has 0 aliphatic carbocycles. The van der Waals surface area contributed by atoms with E-state index in [1.165, 1.54) is 18.2 Å². The predicted octanol–water partition coefficient (Wildman–Crippen LogP) is 3.55. The highest BCUT2D eigenvalue weighted by molar-refractivity contribution is 6.33. The second-order valence-electron chi connectivity index (χ2n) is 4.49. The predicted molar refractivity (Wildman–Crippen MR) is 78.1 cm³/mol. The molecule has 2 rings (SSSR count). The average Bonchev–Trinajstić information content (AvgIpc) is 2.41. The normalized spacial score (nSPS) is 11.9. The van der Waals surface area contributed by atoms with Crippen molar-refractivity contribution in [3.05, 3.63) is 64.4 Å². The van der Waals surface area contributed by atoms with Crippen molar-refractivity contribution in [1.82, 2.24) is 5.32 Å². The zero-order valence-corrected chi connectivity index (χ0v) is 11.6.